The standard InChI is InChI=1S/C15H22N2O3S/c1-21-11-9-13(14(18)19)17-15(20)16-10-5-8-12-6-3-2-4-7-12/h2-4,6-7,13H,5,8-11H2,1H3,(H,18,19)(H2,16,17,20)/p-1/t13-/m0/s1. The molecule has 116 valence electrons. The summed E-state index contributed by atoms with van der Waals surface area (Å²) in [6.07, 6.45) is 3.92. The van der Waals surface area contributed by atoms with Crippen molar-refractivity contribution < 1.29 is 14.7 Å². The highest BCUT2D eigenvalue weighted by atomic mass is 32.2. The van der Waals surface area contributed by atoms with Crippen LogP contribution in [0.25, 0.3) is 0 Å². The Kier molecular flexibility index (Phi) is 8.35. The first kappa shape index (κ1) is 17.4. The van der Waals surface area contributed by atoms with Crippen LogP contribution in [-0.2, 0) is 11.2 Å². The molecule has 6 heteroatoms. The van der Waals surface area contributed by atoms with E-state index in [0.717, 1.165) is 12.8 Å². The number of carbonyl (C=O) groups is 2. The summed E-state index contributed by atoms with van der Waals surface area (Å²) in [6.45, 7) is 0.503. The van der Waals surface area contributed by atoms with Gasteiger partial charge in [0.25, 0.3) is 0 Å². The van der Waals surface area contributed by atoms with E-state index in [1.807, 2.05) is 36.6 Å². The minimum absolute atomic E-state index is 0.362. The maximum atomic E-state index is 11.6. The summed E-state index contributed by atoms with van der Waals surface area (Å²) in [6, 6.07) is 8.59. The van der Waals surface area contributed by atoms with Crippen molar-refractivity contribution in [1.29, 1.82) is 0 Å². The molecule has 1 rings (SSSR count). The molecule has 5 nitrogen and oxygen atoms in total. The average Bonchev–Trinajstić information content (AvgIpc) is 2.48. The fraction of sp³-hybridized carbons (Fsp3) is 0.467. The highest BCUT2D eigenvalue weighted by molar-refractivity contribution is 7.98. The van der Waals surface area contributed by atoms with E-state index in [4.69, 9.17) is 0 Å². The van der Waals surface area contributed by atoms with Gasteiger partial charge in [0.2, 0.25) is 0 Å². The third-order valence-electron chi connectivity index (χ3n) is 2.97. The van der Waals surface area contributed by atoms with Gasteiger partial charge in [-0.1, -0.05) is 30.3 Å². The van der Waals surface area contributed by atoms with Crippen LogP contribution in [-0.4, -0.2) is 36.6 Å². The van der Waals surface area contributed by atoms with Crippen molar-refractivity contribution in [2.75, 3.05) is 18.6 Å². The van der Waals surface area contributed by atoms with Gasteiger partial charge in [-0.3, -0.25) is 0 Å². The van der Waals surface area contributed by atoms with E-state index in [0.29, 0.717) is 18.7 Å². The Morgan fingerprint density at radius 2 is 2.00 bits per heavy atom. The number of carboxylic acid groups (broad SMARTS) is 1. The van der Waals surface area contributed by atoms with Crippen LogP contribution in [0.5, 0.6) is 0 Å². The van der Waals surface area contributed by atoms with Gasteiger partial charge in [-0.25, -0.2) is 4.79 Å². The molecule has 21 heavy (non-hydrogen) atoms. The maximum Gasteiger partial charge on any atom is 0.315 e. The Morgan fingerprint density at radius 1 is 1.29 bits per heavy atom. The third-order valence-corrected chi connectivity index (χ3v) is 3.62. The molecular formula is C15H21N2O3S-. The van der Waals surface area contributed by atoms with Crippen LogP contribution in [0.3, 0.4) is 0 Å². The summed E-state index contributed by atoms with van der Waals surface area (Å²) in [5.41, 5.74) is 1.22. The number of rotatable bonds is 9. The molecule has 1 atom stereocenters. The molecule has 0 aliphatic carbocycles. The van der Waals surface area contributed by atoms with Crippen LogP contribution in [0.15, 0.2) is 30.3 Å². The number of benzene rings is 1. The smallest absolute Gasteiger partial charge is 0.315 e. The fourth-order valence-corrected chi connectivity index (χ4v) is 2.30. The molecule has 0 radical (unpaired) electrons. The SMILES string of the molecule is CSCC[C@H](NC(=O)NCCCc1ccccc1)C(=O)[O-]. The average molecular weight is 309 g/mol. The molecule has 2 amide bonds. The third kappa shape index (κ3) is 7.60. The highest BCUT2D eigenvalue weighted by Gasteiger charge is 2.12. The number of nitrogens with one attached hydrogen (secondary N) is 2. The number of urea groups is 1. The number of thioether (sulfide) groups is 1. The van der Waals surface area contributed by atoms with Crippen LogP contribution in [0.1, 0.15) is 18.4 Å². The zero-order valence-corrected chi connectivity index (χ0v) is 12.9. The zero-order valence-electron chi connectivity index (χ0n) is 12.1. The Labute approximate surface area is 129 Å². The molecule has 0 saturated carbocycles. The molecule has 0 heterocycles. The molecule has 0 aromatic heterocycles. The monoisotopic (exact) mass is 309 g/mol. The van der Waals surface area contributed by atoms with E-state index in [9.17, 15) is 14.7 Å². The van der Waals surface area contributed by atoms with Crippen LogP contribution in [0.2, 0.25) is 0 Å². The van der Waals surface area contributed by atoms with Gasteiger partial charge >= 0.3 is 6.03 Å². The number of aliphatic carboxylic acids is 1. The number of hydrogen-bond acceptors (Lipinski definition) is 4. The summed E-state index contributed by atoms with van der Waals surface area (Å²) in [7, 11) is 0. The van der Waals surface area contributed by atoms with Crippen molar-refractivity contribution in [1.82, 2.24) is 10.6 Å². The number of amides is 2. The molecule has 1 aromatic carbocycles. The first-order valence-corrected chi connectivity index (χ1v) is 8.31. The van der Waals surface area contributed by atoms with Crippen molar-refractivity contribution in [3.8, 4) is 0 Å². The van der Waals surface area contributed by atoms with Gasteiger partial charge < -0.3 is 20.5 Å². The normalized spacial score (nSPS) is 11.7. The van der Waals surface area contributed by atoms with E-state index < -0.39 is 18.0 Å². The predicted molar refractivity (Wildman–Crippen MR) is 83.1 cm³/mol. The molecule has 0 unspecified atom stereocenters. The van der Waals surface area contributed by atoms with E-state index in [1.54, 1.807) is 0 Å². The summed E-state index contributed by atoms with van der Waals surface area (Å²) < 4.78 is 0. The minimum atomic E-state index is -1.25. The second-order valence-electron chi connectivity index (χ2n) is 4.64. The second kappa shape index (κ2) is 10.1. The number of carbonyl (C=O) groups excluding carboxylic acids is 2. The van der Waals surface area contributed by atoms with Gasteiger partial charge in [-0.15, -0.1) is 0 Å². The van der Waals surface area contributed by atoms with Crippen molar-refractivity contribution in [3.05, 3.63) is 35.9 Å². The summed E-state index contributed by atoms with van der Waals surface area (Å²) in [5.74, 6) is -0.587. The van der Waals surface area contributed by atoms with E-state index >= 15 is 0 Å². The molecule has 1 aromatic rings. The number of hydrogen-bond donors (Lipinski definition) is 2. The maximum absolute atomic E-state index is 11.6. The Morgan fingerprint density at radius 3 is 2.62 bits per heavy atom. The van der Waals surface area contributed by atoms with Crippen molar-refractivity contribution in [3.63, 3.8) is 0 Å². The molecule has 2 N–H and O–H groups in total. The Balaban J connectivity index is 2.21. The lowest BCUT2D eigenvalue weighted by molar-refractivity contribution is -0.308. The van der Waals surface area contributed by atoms with Crippen LogP contribution in [0.4, 0.5) is 4.79 Å². The summed E-state index contributed by atoms with van der Waals surface area (Å²) in [4.78, 5) is 22.5. The molecule has 0 fully saturated rings. The lowest BCUT2D eigenvalue weighted by atomic mass is 10.1. The molecule has 0 spiro atoms. The van der Waals surface area contributed by atoms with Gasteiger partial charge in [-0.05, 0) is 36.8 Å². The Bertz CT molecular complexity index is 440. The quantitative estimate of drug-likeness (QED) is 0.661. The first-order chi connectivity index (χ1) is 10.1. The van der Waals surface area contributed by atoms with Gasteiger partial charge in [0, 0.05) is 6.54 Å². The van der Waals surface area contributed by atoms with Crippen LogP contribution < -0.4 is 15.7 Å². The largest absolute Gasteiger partial charge is 0.548 e. The summed E-state index contributed by atoms with van der Waals surface area (Å²) >= 11 is 1.53. The molecule has 0 aliphatic heterocycles. The van der Waals surface area contributed by atoms with Gasteiger partial charge in [0.15, 0.2) is 0 Å². The minimum Gasteiger partial charge on any atom is -0.548 e. The van der Waals surface area contributed by atoms with Crippen LogP contribution >= 0.6 is 11.8 Å². The molecular weight excluding hydrogens is 288 g/mol. The zero-order chi connectivity index (χ0) is 15.5. The van der Waals surface area contributed by atoms with Gasteiger partial charge in [-0.2, -0.15) is 11.8 Å². The number of carboxylic acids is 1. The van der Waals surface area contributed by atoms with Crippen molar-refractivity contribution >= 4 is 23.8 Å². The van der Waals surface area contributed by atoms with E-state index in [1.165, 1.54) is 17.3 Å². The second-order valence-corrected chi connectivity index (χ2v) is 5.63. The summed E-state index contributed by atoms with van der Waals surface area (Å²) in [5, 5.41) is 16.0. The van der Waals surface area contributed by atoms with E-state index in [2.05, 4.69) is 10.6 Å². The molecule has 0 aliphatic rings. The van der Waals surface area contributed by atoms with Crippen LogP contribution in [0, 0.1) is 0 Å². The predicted octanol–water partition coefficient (Wildman–Crippen LogP) is 0.790. The topological polar surface area (TPSA) is 81.3 Å². The lowest BCUT2D eigenvalue weighted by Crippen LogP contribution is -2.51. The molecule has 0 saturated heterocycles. The first-order valence-electron chi connectivity index (χ1n) is 6.91. The highest BCUT2D eigenvalue weighted by Crippen LogP contribution is 2.02. The van der Waals surface area contributed by atoms with Gasteiger partial charge in [0.05, 0.1) is 12.0 Å². The van der Waals surface area contributed by atoms with Crippen molar-refractivity contribution in [2.45, 2.75) is 25.3 Å². The van der Waals surface area contributed by atoms with Crippen molar-refractivity contribution in [2.24, 2.45) is 0 Å². The van der Waals surface area contributed by atoms with E-state index in [-0.39, 0.29) is 0 Å². The molecule has 0 bridgehead atoms. The fourth-order valence-electron chi connectivity index (χ4n) is 1.83. The number of aryl methyl sites for hydroxylation is 1. The lowest BCUT2D eigenvalue weighted by Gasteiger charge is -2.19. The van der Waals surface area contributed by atoms with Gasteiger partial charge in [0.1, 0.15) is 0 Å². The Hall–Kier alpha value is -1.69.